The maximum atomic E-state index is 11.7. The van der Waals surface area contributed by atoms with E-state index in [0.717, 1.165) is 29.0 Å². The molecule has 0 saturated carbocycles. The van der Waals surface area contributed by atoms with Crippen LogP contribution in [0.4, 0.5) is 5.69 Å². The molecule has 0 unspecified atom stereocenters. The van der Waals surface area contributed by atoms with Crippen molar-refractivity contribution in [2.45, 2.75) is 9.79 Å². The standard InChI is InChI=1S/C17H15N3O7S2.3Na/c18-13-5-3-11(15(9-13)28(22,23)24)1-2-12-4-6-14(10-16(12)29(25,26)27)20-17(21)7-8-19-20;;;/h1-10,21H,18H2,(H,22,23,24)(H,25,26,27);;;/q;3*+1/p-3/b2-1+;;;. The predicted octanol–water partition coefficient (Wildman–Crippen LogP) is -8.48. The van der Waals surface area contributed by atoms with Crippen LogP contribution in [0, 0.1) is 0 Å². The van der Waals surface area contributed by atoms with Crippen molar-refractivity contribution in [3.63, 3.8) is 0 Å². The van der Waals surface area contributed by atoms with Crippen LogP contribution in [0.2, 0.25) is 0 Å². The zero-order valence-electron chi connectivity index (χ0n) is 17.4. The normalized spacial score (nSPS) is 11.3. The van der Waals surface area contributed by atoms with Crippen LogP contribution >= 0.6 is 0 Å². The van der Waals surface area contributed by atoms with Gasteiger partial charge in [0.2, 0.25) is 0 Å². The molecule has 3 rings (SSSR count). The van der Waals surface area contributed by atoms with Crippen LogP contribution in [-0.4, -0.2) is 35.7 Å². The molecule has 0 fully saturated rings. The van der Waals surface area contributed by atoms with Gasteiger partial charge in [0, 0.05) is 11.9 Å². The predicted molar refractivity (Wildman–Crippen MR) is 98.7 cm³/mol. The first-order valence-electron chi connectivity index (χ1n) is 7.82. The van der Waals surface area contributed by atoms with Crippen molar-refractivity contribution in [1.29, 1.82) is 0 Å². The van der Waals surface area contributed by atoms with Crippen LogP contribution in [0.25, 0.3) is 17.8 Å². The molecule has 32 heavy (non-hydrogen) atoms. The van der Waals surface area contributed by atoms with Crippen LogP contribution < -0.4 is 99.5 Å². The number of hydrogen-bond acceptors (Lipinski definition) is 9. The average Bonchev–Trinajstić information content (AvgIpc) is 3.05. The van der Waals surface area contributed by atoms with E-state index in [1.807, 2.05) is 0 Å². The summed E-state index contributed by atoms with van der Waals surface area (Å²) in [4.78, 5) is -1.24. The minimum absolute atomic E-state index is 0. The third-order valence-corrected chi connectivity index (χ3v) is 5.65. The first-order chi connectivity index (χ1) is 13.5. The summed E-state index contributed by atoms with van der Waals surface area (Å²) in [6.07, 6.45) is 3.55. The fourth-order valence-corrected chi connectivity index (χ4v) is 3.97. The van der Waals surface area contributed by atoms with Gasteiger partial charge >= 0.3 is 88.7 Å². The van der Waals surface area contributed by atoms with Gasteiger partial charge in [0.25, 0.3) is 0 Å². The molecule has 0 aliphatic heterocycles. The number of nitrogen functional groups attached to an aromatic ring is 1. The summed E-state index contributed by atoms with van der Waals surface area (Å²) in [5, 5.41) is 15.5. The number of hydrogen-bond donors (Lipinski definition) is 1. The molecule has 0 saturated heterocycles. The molecular weight excluding hydrogens is 491 g/mol. The maximum absolute atomic E-state index is 11.7. The van der Waals surface area contributed by atoms with Crippen LogP contribution in [0.3, 0.4) is 0 Å². The van der Waals surface area contributed by atoms with Gasteiger partial charge in [-0.2, -0.15) is 5.10 Å². The Morgan fingerprint density at radius 1 is 0.812 bits per heavy atom. The van der Waals surface area contributed by atoms with E-state index >= 15 is 0 Å². The van der Waals surface area contributed by atoms with E-state index in [4.69, 9.17) is 5.73 Å². The first-order valence-corrected chi connectivity index (χ1v) is 10.6. The maximum Gasteiger partial charge on any atom is 1.00 e. The number of aromatic nitrogens is 2. The van der Waals surface area contributed by atoms with Crippen LogP contribution in [0.5, 0.6) is 5.88 Å². The Balaban J connectivity index is 0.00000320. The Hall–Kier alpha value is -0.190. The van der Waals surface area contributed by atoms with E-state index < -0.39 is 35.9 Å². The quantitative estimate of drug-likeness (QED) is 0.153. The number of nitrogens with zero attached hydrogens (tertiary/aromatic N) is 2. The zero-order chi connectivity index (χ0) is 21.4. The van der Waals surface area contributed by atoms with Crippen molar-refractivity contribution < 1.29 is 120 Å². The molecule has 152 valence electrons. The van der Waals surface area contributed by atoms with Gasteiger partial charge in [0.15, 0.2) is 0 Å². The summed E-state index contributed by atoms with van der Waals surface area (Å²) in [5.74, 6) is -0.519. The van der Waals surface area contributed by atoms with Crippen molar-refractivity contribution in [2.24, 2.45) is 0 Å². The number of anilines is 1. The molecule has 0 radical (unpaired) electrons. The monoisotopic (exact) mass is 503 g/mol. The van der Waals surface area contributed by atoms with Crippen molar-refractivity contribution in [3.05, 3.63) is 59.8 Å². The molecule has 1 heterocycles. The smallest absolute Gasteiger partial charge is 0.859 e. The summed E-state index contributed by atoms with van der Waals surface area (Å²) in [7, 11) is -9.80. The van der Waals surface area contributed by atoms with Gasteiger partial charge in [-0.3, -0.25) is 0 Å². The van der Waals surface area contributed by atoms with Crippen molar-refractivity contribution >= 4 is 38.1 Å². The summed E-state index contributed by atoms with van der Waals surface area (Å²) >= 11 is 0. The molecule has 3 aromatic rings. The topological polar surface area (TPSA) is 181 Å². The molecule has 2 N–H and O–H groups in total. The van der Waals surface area contributed by atoms with Gasteiger partial charge in [-0.1, -0.05) is 24.3 Å². The van der Waals surface area contributed by atoms with Gasteiger partial charge in [-0.25, -0.2) is 21.5 Å². The molecule has 0 atom stereocenters. The fourth-order valence-electron chi connectivity index (χ4n) is 2.58. The Morgan fingerprint density at radius 2 is 1.31 bits per heavy atom. The van der Waals surface area contributed by atoms with E-state index in [1.54, 1.807) is 0 Å². The molecule has 0 aliphatic carbocycles. The minimum Gasteiger partial charge on any atom is -0.859 e. The third-order valence-electron chi connectivity index (χ3n) is 3.87. The molecule has 0 bridgehead atoms. The van der Waals surface area contributed by atoms with Gasteiger partial charge in [-0.15, -0.1) is 0 Å². The number of benzene rings is 2. The van der Waals surface area contributed by atoms with Crippen LogP contribution in [0.15, 0.2) is 58.5 Å². The molecule has 0 aliphatic rings. The molecule has 0 spiro atoms. The second kappa shape index (κ2) is 12.5. The Bertz CT molecular complexity index is 1340. The zero-order valence-corrected chi connectivity index (χ0v) is 25.1. The second-order valence-corrected chi connectivity index (χ2v) is 8.54. The van der Waals surface area contributed by atoms with Gasteiger partial charge in [0.05, 0.1) is 15.5 Å². The van der Waals surface area contributed by atoms with Crippen molar-refractivity contribution in [2.75, 3.05) is 5.73 Å². The average molecular weight is 503 g/mol. The molecule has 2 aromatic carbocycles. The van der Waals surface area contributed by atoms with E-state index in [1.165, 1.54) is 36.5 Å². The third kappa shape index (κ3) is 7.67. The van der Waals surface area contributed by atoms with Gasteiger partial charge in [-0.05, 0) is 47.3 Å². The Morgan fingerprint density at radius 3 is 1.78 bits per heavy atom. The van der Waals surface area contributed by atoms with E-state index in [-0.39, 0.29) is 111 Å². The number of nitrogens with two attached hydrogens (primary N) is 1. The SMILES string of the molecule is Nc1ccc(/C=C/c2ccc(-n3nccc3[O-])cc2S(=O)(=O)[O-])c(S(=O)(=O)[O-])c1.[Na+].[Na+].[Na+]. The Kier molecular flexibility index (Phi) is 12.4. The van der Waals surface area contributed by atoms with Gasteiger partial charge in [0.1, 0.15) is 20.2 Å². The first kappa shape index (κ1) is 31.8. The summed E-state index contributed by atoms with van der Waals surface area (Å²) in [6, 6.07) is 8.34. The van der Waals surface area contributed by atoms with E-state index in [9.17, 15) is 31.0 Å². The number of rotatable bonds is 5. The van der Waals surface area contributed by atoms with Crippen LogP contribution in [-0.2, 0) is 20.2 Å². The summed E-state index contributed by atoms with van der Waals surface area (Å²) in [5.41, 5.74) is 5.50. The molecule has 15 heteroatoms. The molecule has 0 amide bonds. The minimum atomic E-state index is -4.95. The second-order valence-electron chi connectivity index (χ2n) is 5.84. The van der Waals surface area contributed by atoms with E-state index in [0.29, 0.717) is 0 Å². The Labute approximate surface area is 251 Å². The summed E-state index contributed by atoms with van der Waals surface area (Å²) < 4.78 is 70.2. The fraction of sp³-hybridized carbons (Fsp3) is 0. The largest absolute Gasteiger partial charge is 1.00 e. The molecule has 1 aromatic heterocycles. The van der Waals surface area contributed by atoms with Crippen molar-refractivity contribution in [3.8, 4) is 11.6 Å². The summed E-state index contributed by atoms with van der Waals surface area (Å²) in [6.45, 7) is 0. The van der Waals surface area contributed by atoms with Gasteiger partial charge < -0.3 is 19.9 Å². The van der Waals surface area contributed by atoms with E-state index in [2.05, 4.69) is 5.10 Å². The molecule has 10 nitrogen and oxygen atoms in total. The van der Waals surface area contributed by atoms with Crippen LogP contribution in [0.1, 0.15) is 11.1 Å². The van der Waals surface area contributed by atoms with Crippen molar-refractivity contribution in [1.82, 2.24) is 9.78 Å². The molecular formula is C17H12N3Na3O7S2.